The molecular formula is C17H21N3O4S2. The highest BCUT2D eigenvalue weighted by molar-refractivity contribution is 8.00. The van der Waals surface area contributed by atoms with Crippen LogP contribution in [0.1, 0.15) is 18.9 Å². The highest BCUT2D eigenvalue weighted by Crippen LogP contribution is 2.28. The highest BCUT2D eigenvalue weighted by Gasteiger charge is 2.34. The molecule has 3 rings (SSSR count). The van der Waals surface area contributed by atoms with Gasteiger partial charge in [-0.2, -0.15) is 0 Å². The first kappa shape index (κ1) is 18.9. The maximum atomic E-state index is 12.6. The molecule has 1 aromatic heterocycles. The number of aromatic nitrogens is 2. The molecule has 0 bridgehead atoms. The topological polar surface area (TPSA) is 93.4 Å². The summed E-state index contributed by atoms with van der Waals surface area (Å²) in [7, 11) is -1.38. The number of nitrogens with zero attached hydrogens (tertiary/aromatic N) is 3. The Morgan fingerprint density at radius 2 is 2.15 bits per heavy atom. The fourth-order valence-corrected chi connectivity index (χ4v) is 5.46. The lowest BCUT2D eigenvalue weighted by molar-refractivity contribution is -0.130. The second kappa shape index (κ2) is 7.40. The molecule has 1 saturated heterocycles. The van der Waals surface area contributed by atoms with Gasteiger partial charge < -0.3 is 9.32 Å². The molecule has 1 aliphatic rings. The fraction of sp³-hybridized carbons (Fsp3) is 0.471. The lowest BCUT2D eigenvalue weighted by Crippen LogP contribution is -2.41. The van der Waals surface area contributed by atoms with Gasteiger partial charge in [0.05, 0.1) is 16.8 Å². The van der Waals surface area contributed by atoms with Gasteiger partial charge in [0.25, 0.3) is 5.22 Å². The van der Waals surface area contributed by atoms with Crippen molar-refractivity contribution in [3.8, 4) is 11.5 Å². The molecule has 1 aliphatic heterocycles. The molecule has 0 N–H and O–H groups in total. The van der Waals surface area contributed by atoms with Crippen LogP contribution in [0.5, 0.6) is 0 Å². The zero-order chi connectivity index (χ0) is 18.9. The maximum Gasteiger partial charge on any atom is 0.277 e. The molecule has 2 heterocycles. The van der Waals surface area contributed by atoms with E-state index in [0.717, 1.165) is 11.1 Å². The Morgan fingerprint density at radius 1 is 1.38 bits per heavy atom. The molecule has 0 radical (unpaired) electrons. The van der Waals surface area contributed by atoms with E-state index >= 15 is 0 Å². The van der Waals surface area contributed by atoms with E-state index in [1.807, 2.05) is 31.2 Å². The molecule has 0 spiro atoms. The Hall–Kier alpha value is -1.87. The van der Waals surface area contributed by atoms with Gasteiger partial charge >= 0.3 is 0 Å². The molecule has 2 aromatic rings. The third-order valence-corrected chi connectivity index (χ3v) is 7.07. The summed E-state index contributed by atoms with van der Waals surface area (Å²) in [6, 6.07) is 7.47. The molecule has 1 aromatic carbocycles. The van der Waals surface area contributed by atoms with E-state index in [9.17, 15) is 13.2 Å². The number of hydrogen-bond donors (Lipinski definition) is 0. The smallest absolute Gasteiger partial charge is 0.277 e. The summed E-state index contributed by atoms with van der Waals surface area (Å²) < 4.78 is 28.9. The first-order chi connectivity index (χ1) is 12.2. The van der Waals surface area contributed by atoms with Gasteiger partial charge in [-0.1, -0.05) is 29.5 Å². The van der Waals surface area contributed by atoms with Gasteiger partial charge in [0.2, 0.25) is 11.8 Å². The number of thioether (sulfide) groups is 1. The van der Waals surface area contributed by atoms with E-state index < -0.39 is 15.1 Å². The monoisotopic (exact) mass is 395 g/mol. The van der Waals surface area contributed by atoms with Gasteiger partial charge in [-0.05, 0) is 32.4 Å². The van der Waals surface area contributed by atoms with Crippen LogP contribution < -0.4 is 0 Å². The second-order valence-corrected chi connectivity index (χ2v) is 10.0. The predicted octanol–water partition coefficient (Wildman–Crippen LogP) is 2.17. The minimum Gasteiger partial charge on any atom is -0.411 e. The quantitative estimate of drug-likeness (QED) is 0.716. The summed E-state index contributed by atoms with van der Waals surface area (Å²) >= 11 is 1.18. The van der Waals surface area contributed by atoms with Crippen LogP contribution in [0.25, 0.3) is 11.5 Å². The van der Waals surface area contributed by atoms with Crippen LogP contribution in [0.3, 0.4) is 0 Å². The molecule has 7 nitrogen and oxygen atoms in total. The van der Waals surface area contributed by atoms with Crippen LogP contribution in [-0.4, -0.2) is 59.3 Å². The lowest BCUT2D eigenvalue weighted by Gasteiger charge is -2.25. The summed E-state index contributed by atoms with van der Waals surface area (Å²) in [6.45, 7) is 3.73. The summed E-state index contributed by atoms with van der Waals surface area (Å²) in [5.41, 5.74) is 1.92. The third kappa shape index (κ3) is 4.27. The first-order valence-corrected chi connectivity index (χ1v) is 11.0. The van der Waals surface area contributed by atoms with E-state index in [1.54, 1.807) is 14.0 Å². The molecule has 0 aliphatic carbocycles. The maximum absolute atomic E-state index is 12.6. The predicted molar refractivity (Wildman–Crippen MR) is 99.6 cm³/mol. The average Bonchev–Trinajstić information content (AvgIpc) is 3.19. The Labute approximate surface area is 157 Å². The van der Waals surface area contributed by atoms with Crippen LogP contribution in [0.2, 0.25) is 0 Å². The van der Waals surface area contributed by atoms with Crippen molar-refractivity contribution < 1.29 is 17.6 Å². The summed E-state index contributed by atoms with van der Waals surface area (Å²) in [5.74, 6) is 0.434. The van der Waals surface area contributed by atoms with E-state index in [0.29, 0.717) is 17.5 Å². The van der Waals surface area contributed by atoms with Crippen molar-refractivity contribution in [3.05, 3.63) is 29.8 Å². The van der Waals surface area contributed by atoms with Crippen molar-refractivity contribution in [2.75, 3.05) is 18.6 Å². The molecule has 26 heavy (non-hydrogen) atoms. The number of amides is 1. The van der Waals surface area contributed by atoms with Crippen molar-refractivity contribution in [1.29, 1.82) is 0 Å². The van der Waals surface area contributed by atoms with E-state index in [1.165, 1.54) is 16.7 Å². The van der Waals surface area contributed by atoms with Gasteiger partial charge in [-0.3, -0.25) is 4.79 Å². The number of benzene rings is 1. The number of rotatable bonds is 5. The third-order valence-electron chi connectivity index (χ3n) is 4.40. The fourth-order valence-electron chi connectivity index (χ4n) is 2.90. The van der Waals surface area contributed by atoms with Crippen LogP contribution >= 0.6 is 11.8 Å². The van der Waals surface area contributed by atoms with Crippen molar-refractivity contribution in [1.82, 2.24) is 15.1 Å². The highest BCUT2D eigenvalue weighted by atomic mass is 32.2. The zero-order valence-corrected chi connectivity index (χ0v) is 16.5. The molecule has 140 valence electrons. The molecule has 9 heteroatoms. The largest absolute Gasteiger partial charge is 0.411 e. The standard InChI is InChI=1S/C17H21N3O4S2/c1-11-5-4-6-13(9-11)15-18-19-17(24-15)25-12(2)16(21)20(3)14-7-8-26(22,23)10-14/h4-6,9,12,14H,7-8,10H2,1-3H3/t12-,14-/m0/s1. The summed E-state index contributed by atoms with van der Waals surface area (Å²) in [4.78, 5) is 14.1. The number of carbonyl (C=O) groups excluding carboxylic acids is 1. The SMILES string of the molecule is Cc1cccc(-c2nnc(S[C@@H](C)C(=O)N(C)[C@H]3CCS(=O)(=O)C3)o2)c1. The van der Waals surface area contributed by atoms with Gasteiger partial charge in [0.15, 0.2) is 9.84 Å². The molecule has 2 atom stereocenters. The van der Waals surface area contributed by atoms with Gasteiger partial charge in [0.1, 0.15) is 0 Å². The van der Waals surface area contributed by atoms with E-state index in [-0.39, 0.29) is 23.5 Å². The van der Waals surface area contributed by atoms with Gasteiger partial charge in [-0.25, -0.2) is 8.42 Å². The average molecular weight is 396 g/mol. The van der Waals surface area contributed by atoms with Gasteiger partial charge in [0, 0.05) is 18.7 Å². The minimum atomic E-state index is -3.03. The molecule has 1 fully saturated rings. The van der Waals surface area contributed by atoms with Crippen LogP contribution in [0.4, 0.5) is 0 Å². The number of hydrogen-bond acceptors (Lipinski definition) is 7. The van der Waals surface area contributed by atoms with Crippen LogP contribution in [0, 0.1) is 6.92 Å². The molecule has 0 saturated carbocycles. The molecular weight excluding hydrogens is 374 g/mol. The van der Waals surface area contributed by atoms with Crippen molar-refractivity contribution in [2.45, 2.75) is 36.8 Å². The van der Waals surface area contributed by atoms with E-state index in [2.05, 4.69) is 10.2 Å². The second-order valence-electron chi connectivity index (χ2n) is 6.51. The number of sulfone groups is 1. The first-order valence-electron chi connectivity index (χ1n) is 8.29. The Balaban J connectivity index is 1.64. The summed E-state index contributed by atoms with van der Waals surface area (Å²) in [6.07, 6.45) is 0.486. The normalized spacial score (nSPS) is 20.0. The number of aryl methyl sites for hydroxylation is 1. The number of carbonyl (C=O) groups is 1. The Bertz CT molecular complexity index is 910. The van der Waals surface area contributed by atoms with Crippen molar-refractivity contribution >= 4 is 27.5 Å². The Kier molecular flexibility index (Phi) is 5.38. The van der Waals surface area contributed by atoms with E-state index in [4.69, 9.17) is 4.42 Å². The van der Waals surface area contributed by atoms with Gasteiger partial charge in [-0.15, -0.1) is 10.2 Å². The summed E-state index contributed by atoms with van der Waals surface area (Å²) in [5, 5.41) is 7.91. The van der Waals surface area contributed by atoms with Crippen LogP contribution in [0.15, 0.2) is 33.9 Å². The van der Waals surface area contributed by atoms with Crippen molar-refractivity contribution in [3.63, 3.8) is 0 Å². The minimum absolute atomic E-state index is 0.0324. The Morgan fingerprint density at radius 3 is 2.81 bits per heavy atom. The zero-order valence-electron chi connectivity index (χ0n) is 14.9. The molecule has 0 unspecified atom stereocenters. The van der Waals surface area contributed by atoms with Crippen LogP contribution in [-0.2, 0) is 14.6 Å². The lowest BCUT2D eigenvalue weighted by atomic mass is 10.1. The van der Waals surface area contributed by atoms with Crippen molar-refractivity contribution in [2.24, 2.45) is 0 Å². The molecule has 1 amide bonds.